The van der Waals surface area contributed by atoms with Crippen molar-refractivity contribution >= 4 is 11.7 Å². The zero-order valence-corrected chi connectivity index (χ0v) is 12.4. The van der Waals surface area contributed by atoms with Crippen LogP contribution in [0.2, 0.25) is 0 Å². The van der Waals surface area contributed by atoms with Crippen LogP contribution in [0.1, 0.15) is 35.8 Å². The molecule has 106 valence electrons. The molecule has 1 rings (SSSR count). The lowest BCUT2D eigenvalue weighted by Crippen LogP contribution is -2.30. The molecule has 0 bridgehead atoms. The minimum Gasteiger partial charge on any atom is -0.383 e. The van der Waals surface area contributed by atoms with Crippen molar-refractivity contribution in [1.29, 1.82) is 0 Å². The average Bonchev–Trinajstić information content (AvgIpc) is 2.43. The quantitative estimate of drug-likeness (QED) is 0.854. The number of nitrogens with zero attached hydrogens (tertiary/aromatic N) is 2. The first kappa shape index (κ1) is 15.4. The van der Waals surface area contributed by atoms with E-state index in [1.807, 2.05) is 6.07 Å². The lowest BCUT2D eigenvalue weighted by atomic mass is 10.1. The summed E-state index contributed by atoms with van der Waals surface area (Å²) in [5.41, 5.74) is 1.57. The number of ether oxygens (including phenoxy) is 1. The number of methoxy groups -OCH3 is 1. The maximum atomic E-state index is 12.3. The highest BCUT2D eigenvalue weighted by Gasteiger charge is 2.15. The number of carbonyl (C=O) groups excluding carboxylic acids is 1. The Hall–Kier alpha value is -1.62. The van der Waals surface area contributed by atoms with Crippen LogP contribution in [-0.2, 0) is 4.74 Å². The molecule has 0 radical (unpaired) electrons. The Labute approximate surface area is 115 Å². The zero-order chi connectivity index (χ0) is 14.4. The standard InChI is InChI=1S/C14H23N3O2/c1-10(2)12-8-11(9-13(15-3)16-12)14(18)17(4)6-7-19-5/h8-10H,6-7H2,1-5H3,(H,15,16). The van der Waals surface area contributed by atoms with Crippen LogP contribution in [0.3, 0.4) is 0 Å². The Morgan fingerprint density at radius 1 is 1.47 bits per heavy atom. The van der Waals surface area contributed by atoms with Gasteiger partial charge in [0.2, 0.25) is 0 Å². The molecule has 0 atom stereocenters. The molecule has 5 nitrogen and oxygen atoms in total. The summed E-state index contributed by atoms with van der Waals surface area (Å²) in [7, 11) is 5.20. The van der Waals surface area contributed by atoms with Crippen LogP contribution in [0.4, 0.5) is 5.82 Å². The molecule has 1 heterocycles. The van der Waals surface area contributed by atoms with Crippen molar-refractivity contribution in [3.8, 4) is 0 Å². The number of pyridine rings is 1. The molecule has 5 heteroatoms. The van der Waals surface area contributed by atoms with Gasteiger partial charge in [0, 0.05) is 39.0 Å². The number of nitrogens with one attached hydrogen (secondary N) is 1. The summed E-state index contributed by atoms with van der Waals surface area (Å²) >= 11 is 0. The second-order valence-electron chi connectivity index (χ2n) is 4.79. The molecule has 1 amide bonds. The fourth-order valence-corrected chi connectivity index (χ4v) is 1.65. The number of hydrogen-bond donors (Lipinski definition) is 1. The predicted molar refractivity (Wildman–Crippen MR) is 76.7 cm³/mol. The number of aromatic nitrogens is 1. The highest BCUT2D eigenvalue weighted by Crippen LogP contribution is 2.18. The van der Waals surface area contributed by atoms with Gasteiger partial charge in [-0.1, -0.05) is 13.8 Å². The SMILES string of the molecule is CNc1cc(C(=O)N(C)CCOC)cc(C(C)C)n1. The first-order valence-corrected chi connectivity index (χ1v) is 6.43. The van der Waals surface area contributed by atoms with Gasteiger partial charge >= 0.3 is 0 Å². The molecule has 1 N–H and O–H groups in total. The summed E-state index contributed by atoms with van der Waals surface area (Å²) in [6.07, 6.45) is 0. The summed E-state index contributed by atoms with van der Waals surface area (Å²) in [6.45, 7) is 5.22. The Morgan fingerprint density at radius 3 is 2.68 bits per heavy atom. The maximum absolute atomic E-state index is 12.3. The van der Waals surface area contributed by atoms with E-state index in [1.165, 1.54) is 0 Å². The molecular formula is C14H23N3O2. The number of hydrogen-bond acceptors (Lipinski definition) is 4. The van der Waals surface area contributed by atoms with Crippen LogP contribution in [0, 0.1) is 0 Å². The molecule has 0 unspecified atom stereocenters. The minimum atomic E-state index is -0.0159. The van der Waals surface area contributed by atoms with Crippen LogP contribution in [0.15, 0.2) is 12.1 Å². The highest BCUT2D eigenvalue weighted by molar-refractivity contribution is 5.94. The zero-order valence-electron chi connectivity index (χ0n) is 12.4. The van der Waals surface area contributed by atoms with E-state index in [9.17, 15) is 4.79 Å². The molecule has 1 aromatic rings. The normalized spacial score (nSPS) is 10.6. The summed E-state index contributed by atoms with van der Waals surface area (Å²) in [6, 6.07) is 3.63. The number of carbonyl (C=O) groups is 1. The van der Waals surface area contributed by atoms with Crippen LogP contribution >= 0.6 is 0 Å². The Bertz CT molecular complexity index is 433. The van der Waals surface area contributed by atoms with E-state index in [-0.39, 0.29) is 11.8 Å². The van der Waals surface area contributed by atoms with Crippen molar-refractivity contribution in [3.63, 3.8) is 0 Å². The van der Waals surface area contributed by atoms with Gasteiger partial charge in [-0.3, -0.25) is 4.79 Å². The van der Waals surface area contributed by atoms with Crippen molar-refractivity contribution in [2.45, 2.75) is 19.8 Å². The third kappa shape index (κ3) is 4.21. The number of rotatable bonds is 6. The second-order valence-corrected chi connectivity index (χ2v) is 4.79. The van der Waals surface area contributed by atoms with Gasteiger partial charge < -0.3 is 15.0 Å². The summed E-state index contributed by atoms with van der Waals surface area (Å²) < 4.78 is 4.99. The van der Waals surface area contributed by atoms with Crippen LogP contribution < -0.4 is 5.32 Å². The maximum Gasteiger partial charge on any atom is 0.253 e. The predicted octanol–water partition coefficient (Wildman–Crippen LogP) is 1.97. The third-order valence-corrected chi connectivity index (χ3v) is 2.92. The van der Waals surface area contributed by atoms with E-state index in [0.717, 1.165) is 11.5 Å². The van der Waals surface area contributed by atoms with Crippen molar-refractivity contribution in [2.24, 2.45) is 0 Å². The molecule has 0 aromatic carbocycles. The minimum absolute atomic E-state index is 0.0159. The molecule has 0 fully saturated rings. The highest BCUT2D eigenvalue weighted by atomic mass is 16.5. The smallest absolute Gasteiger partial charge is 0.253 e. The Morgan fingerprint density at radius 2 is 2.16 bits per heavy atom. The van der Waals surface area contributed by atoms with Crippen LogP contribution in [0.5, 0.6) is 0 Å². The largest absolute Gasteiger partial charge is 0.383 e. The molecule has 0 saturated carbocycles. The molecular weight excluding hydrogens is 242 g/mol. The summed E-state index contributed by atoms with van der Waals surface area (Å²) in [4.78, 5) is 18.4. The first-order chi connectivity index (χ1) is 8.99. The Kier molecular flexibility index (Phi) is 5.76. The van der Waals surface area contributed by atoms with Gasteiger partial charge in [0.15, 0.2) is 0 Å². The monoisotopic (exact) mass is 265 g/mol. The van der Waals surface area contributed by atoms with Gasteiger partial charge in [0.1, 0.15) is 5.82 Å². The molecule has 19 heavy (non-hydrogen) atoms. The number of likely N-dealkylation sites (N-methyl/N-ethyl adjacent to an activating group) is 1. The second kappa shape index (κ2) is 7.09. The first-order valence-electron chi connectivity index (χ1n) is 6.43. The van der Waals surface area contributed by atoms with Gasteiger partial charge in [-0.05, 0) is 18.1 Å². The van der Waals surface area contributed by atoms with Gasteiger partial charge in [-0.2, -0.15) is 0 Å². The van der Waals surface area contributed by atoms with E-state index in [1.54, 1.807) is 32.2 Å². The average molecular weight is 265 g/mol. The Balaban J connectivity index is 2.98. The lowest BCUT2D eigenvalue weighted by molar-refractivity contribution is 0.0744. The van der Waals surface area contributed by atoms with E-state index < -0.39 is 0 Å². The van der Waals surface area contributed by atoms with Gasteiger partial charge in [0.05, 0.1) is 6.61 Å². The van der Waals surface area contributed by atoms with Crippen molar-refractivity contribution in [1.82, 2.24) is 9.88 Å². The number of anilines is 1. The topological polar surface area (TPSA) is 54.5 Å². The van der Waals surface area contributed by atoms with E-state index in [2.05, 4.69) is 24.1 Å². The molecule has 0 aliphatic rings. The molecule has 0 aliphatic carbocycles. The van der Waals surface area contributed by atoms with E-state index >= 15 is 0 Å². The van der Waals surface area contributed by atoms with Crippen LogP contribution in [0.25, 0.3) is 0 Å². The van der Waals surface area contributed by atoms with E-state index in [4.69, 9.17) is 4.74 Å². The molecule has 0 aliphatic heterocycles. The van der Waals surface area contributed by atoms with E-state index in [0.29, 0.717) is 18.7 Å². The van der Waals surface area contributed by atoms with Gasteiger partial charge in [-0.15, -0.1) is 0 Å². The number of amides is 1. The van der Waals surface area contributed by atoms with Crippen molar-refractivity contribution in [2.75, 3.05) is 39.7 Å². The van der Waals surface area contributed by atoms with Gasteiger partial charge in [0.25, 0.3) is 5.91 Å². The lowest BCUT2D eigenvalue weighted by Gasteiger charge is -2.18. The van der Waals surface area contributed by atoms with Gasteiger partial charge in [-0.25, -0.2) is 4.98 Å². The summed E-state index contributed by atoms with van der Waals surface area (Å²) in [5.74, 6) is 0.983. The summed E-state index contributed by atoms with van der Waals surface area (Å²) in [5, 5.41) is 2.99. The molecule has 0 spiro atoms. The van der Waals surface area contributed by atoms with Crippen LogP contribution in [-0.4, -0.2) is 50.1 Å². The third-order valence-electron chi connectivity index (χ3n) is 2.92. The fourth-order valence-electron chi connectivity index (χ4n) is 1.65. The molecule has 0 saturated heterocycles. The molecule has 1 aromatic heterocycles. The van der Waals surface area contributed by atoms with Crippen molar-refractivity contribution < 1.29 is 9.53 Å². The fraction of sp³-hybridized carbons (Fsp3) is 0.571. The van der Waals surface area contributed by atoms with Crippen molar-refractivity contribution in [3.05, 3.63) is 23.4 Å².